The molecule has 0 aromatic rings. The van der Waals surface area contributed by atoms with Crippen molar-refractivity contribution in [3.8, 4) is 0 Å². The minimum atomic E-state index is 0.443. The van der Waals surface area contributed by atoms with E-state index in [1.807, 2.05) is 0 Å². The van der Waals surface area contributed by atoms with E-state index in [4.69, 9.17) is 5.73 Å². The second-order valence-electron chi connectivity index (χ2n) is 5.30. The highest BCUT2D eigenvalue weighted by Gasteiger charge is 2.30. The van der Waals surface area contributed by atoms with Crippen molar-refractivity contribution in [1.29, 1.82) is 0 Å². The van der Waals surface area contributed by atoms with Crippen LogP contribution in [0.4, 0.5) is 0 Å². The predicted octanol–water partition coefficient (Wildman–Crippen LogP) is 2.03. The highest BCUT2D eigenvalue weighted by molar-refractivity contribution is 4.89. The molecule has 2 nitrogen and oxygen atoms in total. The van der Waals surface area contributed by atoms with E-state index in [9.17, 15) is 0 Å². The van der Waals surface area contributed by atoms with E-state index >= 15 is 0 Å². The largest absolute Gasteiger partial charge is 0.328 e. The number of rotatable bonds is 1. The molecule has 0 bridgehead atoms. The summed E-state index contributed by atoms with van der Waals surface area (Å²) in [4.78, 5) is 0. The first-order valence-electron chi connectivity index (χ1n) is 6.27. The molecule has 1 aliphatic carbocycles. The summed E-state index contributed by atoms with van der Waals surface area (Å²) in [6.07, 6.45) is 9.54. The number of piperidine rings is 1. The lowest BCUT2D eigenvalue weighted by molar-refractivity contribution is 0.196. The molecular formula is C12H24N2. The molecule has 1 aliphatic heterocycles. The van der Waals surface area contributed by atoms with E-state index in [1.54, 1.807) is 0 Å². The summed E-state index contributed by atoms with van der Waals surface area (Å²) >= 11 is 0. The molecule has 3 N–H and O–H groups in total. The number of hydrogen-bond donors (Lipinski definition) is 2. The van der Waals surface area contributed by atoms with E-state index in [0.717, 1.165) is 12.3 Å². The van der Waals surface area contributed by atoms with Gasteiger partial charge in [-0.3, -0.25) is 0 Å². The van der Waals surface area contributed by atoms with E-state index in [0.29, 0.717) is 18.1 Å². The average molecular weight is 196 g/mol. The van der Waals surface area contributed by atoms with Crippen molar-refractivity contribution in [2.24, 2.45) is 11.7 Å². The Morgan fingerprint density at radius 2 is 1.79 bits per heavy atom. The Kier molecular flexibility index (Phi) is 3.45. The van der Waals surface area contributed by atoms with Crippen LogP contribution in [-0.2, 0) is 0 Å². The molecule has 14 heavy (non-hydrogen) atoms. The first-order chi connectivity index (χ1) is 6.75. The Hall–Kier alpha value is -0.0800. The molecule has 3 atom stereocenters. The van der Waals surface area contributed by atoms with Gasteiger partial charge in [0.05, 0.1) is 0 Å². The van der Waals surface area contributed by atoms with Crippen molar-refractivity contribution < 1.29 is 0 Å². The van der Waals surface area contributed by atoms with Gasteiger partial charge in [-0.25, -0.2) is 0 Å². The molecule has 1 heterocycles. The van der Waals surface area contributed by atoms with E-state index in [1.165, 1.54) is 38.5 Å². The van der Waals surface area contributed by atoms with E-state index in [2.05, 4.69) is 12.2 Å². The minimum Gasteiger partial charge on any atom is -0.328 e. The van der Waals surface area contributed by atoms with Crippen LogP contribution < -0.4 is 11.1 Å². The second kappa shape index (κ2) is 4.63. The molecule has 82 valence electrons. The molecule has 0 amide bonds. The third kappa shape index (κ3) is 2.48. The van der Waals surface area contributed by atoms with Crippen LogP contribution in [0.1, 0.15) is 51.9 Å². The van der Waals surface area contributed by atoms with Crippen LogP contribution in [0, 0.1) is 5.92 Å². The maximum absolute atomic E-state index is 6.08. The summed E-state index contributed by atoms with van der Waals surface area (Å²) < 4.78 is 0. The van der Waals surface area contributed by atoms with Crippen molar-refractivity contribution in [2.45, 2.75) is 70.0 Å². The van der Waals surface area contributed by atoms with Crippen LogP contribution in [0.25, 0.3) is 0 Å². The quantitative estimate of drug-likeness (QED) is 0.673. The number of hydrogen-bond acceptors (Lipinski definition) is 2. The molecule has 0 unspecified atom stereocenters. The Labute approximate surface area is 87.6 Å². The Balaban J connectivity index is 1.88. The fourth-order valence-electron chi connectivity index (χ4n) is 3.24. The summed E-state index contributed by atoms with van der Waals surface area (Å²) in [6.45, 7) is 2.27. The smallest absolute Gasteiger partial charge is 0.0112 e. The van der Waals surface area contributed by atoms with Crippen LogP contribution in [0.5, 0.6) is 0 Å². The van der Waals surface area contributed by atoms with Crippen molar-refractivity contribution in [2.75, 3.05) is 0 Å². The maximum Gasteiger partial charge on any atom is 0.0112 e. The lowest BCUT2D eigenvalue weighted by Gasteiger charge is -2.39. The third-order valence-electron chi connectivity index (χ3n) is 3.93. The first kappa shape index (κ1) is 10.4. The lowest BCUT2D eigenvalue weighted by Crippen LogP contribution is -2.52. The SMILES string of the molecule is C[C@H]1C[C@@H](N)C[C@@H](C2CCCCC2)N1. The molecule has 0 spiro atoms. The normalized spacial score (nSPS) is 41.1. The van der Waals surface area contributed by atoms with Gasteiger partial charge in [0.25, 0.3) is 0 Å². The zero-order chi connectivity index (χ0) is 9.97. The third-order valence-corrected chi connectivity index (χ3v) is 3.93. The van der Waals surface area contributed by atoms with Crippen LogP contribution in [0.3, 0.4) is 0 Å². The van der Waals surface area contributed by atoms with Crippen molar-refractivity contribution in [3.05, 3.63) is 0 Å². The zero-order valence-electron chi connectivity index (χ0n) is 9.34. The molecule has 2 heteroatoms. The molecular weight excluding hydrogens is 172 g/mol. The topological polar surface area (TPSA) is 38.0 Å². The van der Waals surface area contributed by atoms with Crippen molar-refractivity contribution >= 4 is 0 Å². The Morgan fingerprint density at radius 3 is 2.43 bits per heavy atom. The van der Waals surface area contributed by atoms with E-state index < -0.39 is 0 Å². The number of nitrogens with one attached hydrogen (secondary N) is 1. The second-order valence-corrected chi connectivity index (χ2v) is 5.30. The number of nitrogens with two attached hydrogens (primary N) is 1. The van der Waals surface area contributed by atoms with Crippen molar-refractivity contribution in [3.63, 3.8) is 0 Å². The van der Waals surface area contributed by atoms with Gasteiger partial charge in [0, 0.05) is 18.1 Å². The highest BCUT2D eigenvalue weighted by atomic mass is 15.0. The maximum atomic E-state index is 6.08. The lowest BCUT2D eigenvalue weighted by atomic mass is 9.79. The highest BCUT2D eigenvalue weighted by Crippen LogP contribution is 2.30. The molecule has 2 fully saturated rings. The summed E-state index contributed by atoms with van der Waals surface area (Å²) in [7, 11) is 0. The molecule has 2 rings (SSSR count). The van der Waals surface area contributed by atoms with Crippen LogP contribution >= 0.6 is 0 Å². The first-order valence-corrected chi connectivity index (χ1v) is 6.27. The van der Waals surface area contributed by atoms with Gasteiger partial charge in [-0.2, -0.15) is 0 Å². The fraction of sp³-hybridized carbons (Fsp3) is 1.00. The van der Waals surface area contributed by atoms with Gasteiger partial charge < -0.3 is 11.1 Å². The van der Waals surface area contributed by atoms with Gasteiger partial charge in [0.2, 0.25) is 0 Å². The van der Waals surface area contributed by atoms with Gasteiger partial charge in [0.15, 0.2) is 0 Å². The molecule has 1 saturated carbocycles. The van der Waals surface area contributed by atoms with Gasteiger partial charge >= 0.3 is 0 Å². The summed E-state index contributed by atoms with van der Waals surface area (Å²) in [5.74, 6) is 0.914. The predicted molar refractivity (Wildman–Crippen MR) is 60.2 cm³/mol. The Morgan fingerprint density at radius 1 is 1.07 bits per heavy atom. The summed E-state index contributed by atoms with van der Waals surface area (Å²) in [6, 6.07) is 1.79. The average Bonchev–Trinajstić information content (AvgIpc) is 2.18. The Bertz CT molecular complexity index is 165. The van der Waals surface area contributed by atoms with Crippen molar-refractivity contribution in [1.82, 2.24) is 5.32 Å². The molecule has 0 radical (unpaired) electrons. The van der Waals surface area contributed by atoms with Crippen LogP contribution in [0.15, 0.2) is 0 Å². The zero-order valence-corrected chi connectivity index (χ0v) is 9.34. The van der Waals surface area contributed by atoms with Gasteiger partial charge in [0.1, 0.15) is 0 Å². The standard InChI is InChI=1S/C12H24N2/c1-9-7-11(13)8-12(14-9)10-5-3-2-4-6-10/h9-12,14H,2-8,13H2,1H3/t9-,11+,12-/m0/s1. The van der Waals surface area contributed by atoms with Crippen LogP contribution in [0.2, 0.25) is 0 Å². The molecule has 2 aliphatic rings. The van der Waals surface area contributed by atoms with Gasteiger partial charge in [-0.15, -0.1) is 0 Å². The monoisotopic (exact) mass is 196 g/mol. The van der Waals surface area contributed by atoms with E-state index in [-0.39, 0.29) is 0 Å². The van der Waals surface area contributed by atoms with Gasteiger partial charge in [-0.1, -0.05) is 19.3 Å². The molecule has 0 aromatic carbocycles. The fourth-order valence-corrected chi connectivity index (χ4v) is 3.24. The van der Waals surface area contributed by atoms with Crippen LogP contribution in [-0.4, -0.2) is 18.1 Å². The summed E-state index contributed by atoms with van der Waals surface area (Å²) in [5, 5.41) is 3.74. The molecule has 0 aromatic heterocycles. The minimum absolute atomic E-state index is 0.443. The van der Waals surface area contributed by atoms with Gasteiger partial charge in [-0.05, 0) is 38.5 Å². The molecule has 1 saturated heterocycles. The summed E-state index contributed by atoms with van der Waals surface area (Å²) in [5.41, 5.74) is 6.08.